The van der Waals surface area contributed by atoms with Gasteiger partial charge in [-0.25, -0.2) is 0 Å². The van der Waals surface area contributed by atoms with Crippen molar-refractivity contribution in [3.05, 3.63) is 0 Å². The predicted molar refractivity (Wildman–Crippen MR) is 53.5 cm³/mol. The third-order valence-electron chi connectivity index (χ3n) is 1.79. The summed E-state index contributed by atoms with van der Waals surface area (Å²) in [6.07, 6.45) is 2.79. The van der Waals surface area contributed by atoms with E-state index >= 15 is 0 Å². The van der Waals surface area contributed by atoms with E-state index < -0.39 is 0 Å². The highest BCUT2D eigenvalue weighted by molar-refractivity contribution is 4.56. The van der Waals surface area contributed by atoms with E-state index in [1.54, 1.807) is 0 Å². The van der Waals surface area contributed by atoms with Gasteiger partial charge >= 0.3 is 0 Å². The minimum atomic E-state index is 0.420. The van der Waals surface area contributed by atoms with Gasteiger partial charge in [-0.15, -0.1) is 0 Å². The molecule has 0 spiro atoms. The van der Waals surface area contributed by atoms with Crippen molar-refractivity contribution in [1.29, 1.82) is 0 Å². The number of nitrogens with one attached hydrogen (secondary N) is 1. The van der Waals surface area contributed by atoms with Gasteiger partial charge in [-0.1, -0.05) is 13.8 Å². The first-order chi connectivity index (χ1) is 5.66. The Morgan fingerprint density at radius 3 is 2.42 bits per heavy atom. The van der Waals surface area contributed by atoms with Crippen LogP contribution < -0.4 is 5.32 Å². The van der Waals surface area contributed by atoms with Crippen LogP contribution in [0, 0.1) is 0 Å². The Bertz CT molecular complexity index is 93.8. The van der Waals surface area contributed by atoms with Crippen LogP contribution in [0.4, 0.5) is 0 Å². The molecule has 74 valence electrons. The Kier molecular flexibility index (Phi) is 7.51. The van der Waals surface area contributed by atoms with Crippen LogP contribution in [0.5, 0.6) is 0 Å². The lowest BCUT2D eigenvalue weighted by molar-refractivity contribution is 0.0688. The lowest BCUT2D eigenvalue weighted by Crippen LogP contribution is -2.24. The second-order valence-corrected chi connectivity index (χ2v) is 3.52. The van der Waals surface area contributed by atoms with Gasteiger partial charge in [-0.05, 0) is 33.2 Å². The van der Waals surface area contributed by atoms with E-state index in [-0.39, 0.29) is 0 Å². The monoisotopic (exact) mass is 173 g/mol. The molecule has 0 aromatic carbocycles. The highest BCUT2D eigenvalue weighted by Gasteiger charge is 1.99. The lowest BCUT2D eigenvalue weighted by Gasteiger charge is -2.12. The average molecular weight is 173 g/mol. The maximum absolute atomic E-state index is 5.42. The minimum absolute atomic E-state index is 0.420. The maximum Gasteiger partial charge on any atom is 0.0547 e. The van der Waals surface area contributed by atoms with Gasteiger partial charge in [0.05, 0.1) is 6.10 Å². The van der Waals surface area contributed by atoms with E-state index in [9.17, 15) is 0 Å². The summed E-state index contributed by atoms with van der Waals surface area (Å²) < 4.78 is 5.42. The molecule has 0 aromatic heterocycles. The summed E-state index contributed by atoms with van der Waals surface area (Å²) in [6, 6.07) is 0.604. The summed E-state index contributed by atoms with van der Waals surface area (Å²) in [5.74, 6) is 0. The molecule has 2 heteroatoms. The van der Waals surface area contributed by atoms with E-state index in [1.165, 1.54) is 6.42 Å². The van der Waals surface area contributed by atoms with Crippen LogP contribution in [-0.4, -0.2) is 25.3 Å². The molecule has 1 N–H and O–H groups in total. The number of hydrogen-bond acceptors (Lipinski definition) is 2. The Hall–Kier alpha value is -0.0800. The maximum atomic E-state index is 5.42. The smallest absolute Gasteiger partial charge is 0.0547 e. The first-order valence-electron chi connectivity index (χ1n) is 5.01. The third-order valence-corrected chi connectivity index (χ3v) is 1.79. The van der Waals surface area contributed by atoms with Crippen LogP contribution in [0.2, 0.25) is 0 Å². The van der Waals surface area contributed by atoms with Crippen LogP contribution in [0.25, 0.3) is 0 Å². The van der Waals surface area contributed by atoms with Gasteiger partial charge in [0.2, 0.25) is 0 Å². The highest BCUT2D eigenvalue weighted by Crippen LogP contribution is 2.00. The van der Waals surface area contributed by atoms with Crippen LogP contribution in [0.3, 0.4) is 0 Å². The van der Waals surface area contributed by atoms with Crippen LogP contribution in [0.1, 0.15) is 40.5 Å². The van der Waals surface area contributed by atoms with Gasteiger partial charge in [-0.2, -0.15) is 0 Å². The topological polar surface area (TPSA) is 21.3 Å². The fraction of sp³-hybridized carbons (Fsp3) is 1.00. The van der Waals surface area contributed by atoms with Crippen molar-refractivity contribution in [2.75, 3.05) is 13.2 Å². The fourth-order valence-electron chi connectivity index (χ4n) is 1.15. The lowest BCUT2D eigenvalue weighted by atomic mass is 10.2. The molecular formula is C10H23NO. The zero-order valence-electron chi connectivity index (χ0n) is 8.89. The molecule has 0 radical (unpaired) electrons. The molecular weight excluding hydrogens is 150 g/mol. The zero-order chi connectivity index (χ0) is 9.40. The Labute approximate surface area is 76.7 Å². The zero-order valence-corrected chi connectivity index (χ0v) is 8.89. The van der Waals surface area contributed by atoms with Crippen LogP contribution in [0.15, 0.2) is 0 Å². The molecule has 0 aliphatic carbocycles. The predicted octanol–water partition coefficient (Wildman–Crippen LogP) is 2.19. The van der Waals surface area contributed by atoms with Gasteiger partial charge in [0, 0.05) is 12.6 Å². The fourth-order valence-corrected chi connectivity index (χ4v) is 1.15. The number of ether oxygens (including phenoxy) is 1. The van der Waals surface area contributed by atoms with Crippen molar-refractivity contribution < 1.29 is 4.74 Å². The van der Waals surface area contributed by atoms with E-state index in [2.05, 4.69) is 26.1 Å². The molecule has 0 amide bonds. The SMILES string of the molecule is CCOC(C)CCCNC(C)C. The Morgan fingerprint density at radius 2 is 1.92 bits per heavy atom. The summed E-state index contributed by atoms with van der Waals surface area (Å²) in [6.45, 7) is 10.5. The molecule has 0 bridgehead atoms. The van der Waals surface area contributed by atoms with Crippen molar-refractivity contribution in [2.24, 2.45) is 0 Å². The van der Waals surface area contributed by atoms with Crippen LogP contribution >= 0.6 is 0 Å². The molecule has 0 saturated carbocycles. The highest BCUT2D eigenvalue weighted by atomic mass is 16.5. The molecule has 1 atom stereocenters. The van der Waals surface area contributed by atoms with Crippen molar-refractivity contribution in [1.82, 2.24) is 5.32 Å². The summed E-state index contributed by atoms with van der Waals surface area (Å²) in [4.78, 5) is 0. The van der Waals surface area contributed by atoms with Crippen molar-refractivity contribution in [2.45, 2.75) is 52.7 Å². The standard InChI is InChI=1S/C10H23NO/c1-5-12-10(4)7-6-8-11-9(2)3/h9-11H,5-8H2,1-4H3. The van der Waals surface area contributed by atoms with Gasteiger partial charge in [0.15, 0.2) is 0 Å². The number of hydrogen-bond donors (Lipinski definition) is 1. The largest absolute Gasteiger partial charge is 0.379 e. The average Bonchev–Trinajstić information content (AvgIpc) is 1.98. The van der Waals surface area contributed by atoms with Crippen molar-refractivity contribution in [3.8, 4) is 0 Å². The van der Waals surface area contributed by atoms with Gasteiger partial charge < -0.3 is 10.1 Å². The molecule has 0 heterocycles. The molecule has 1 unspecified atom stereocenters. The summed E-state index contributed by atoms with van der Waals surface area (Å²) in [5, 5.41) is 3.39. The van der Waals surface area contributed by atoms with Crippen molar-refractivity contribution >= 4 is 0 Å². The number of rotatable bonds is 7. The van der Waals surface area contributed by atoms with Gasteiger partial charge in [-0.3, -0.25) is 0 Å². The van der Waals surface area contributed by atoms with Crippen molar-refractivity contribution in [3.63, 3.8) is 0 Å². The molecule has 0 rings (SSSR count). The molecule has 0 fully saturated rings. The normalized spacial score (nSPS) is 13.8. The second kappa shape index (κ2) is 7.56. The Balaban J connectivity index is 3.08. The minimum Gasteiger partial charge on any atom is -0.379 e. The quantitative estimate of drug-likeness (QED) is 0.596. The van der Waals surface area contributed by atoms with Gasteiger partial charge in [0.25, 0.3) is 0 Å². The first kappa shape index (κ1) is 11.9. The second-order valence-electron chi connectivity index (χ2n) is 3.52. The van der Waals surface area contributed by atoms with E-state index in [1.807, 2.05) is 6.92 Å². The van der Waals surface area contributed by atoms with E-state index in [4.69, 9.17) is 4.74 Å². The molecule has 0 aliphatic heterocycles. The summed E-state index contributed by atoms with van der Waals surface area (Å²) in [5.41, 5.74) is 0. The van der Waals surface area contributed by atoms with Crippen LogP contribution in [-0.2, 0) is 4.74 Å². The first-order valence-corrected chi connectivity index (χ1v) is 5.01. The Morgan fingerprint density at radius 1 is 1.25 bits per heavy atom. The molecule has 2 nitrogen and oxygen atoms in total. The molecule has 0 aromatic rings. The van der Waals surface area contributed by atoms with E-state index in [0.29, 0.717) is 12.1 Å². The molecule has 12 heavy (non-hydrogen) atoms. The van der Waals surface area contributed by atoms with Gasteiger partial charge in [0.1, 0.15) is 0 Å². The third kappa shape index (κ3) is 8.02. The summed E-state index contributed by atoms with van der Waals surface area (Å²) in [7, 11) is 0. The summed E-state index contributed by atoms with van der Waals surface area (Å²) >= 11 is 0. The molecule has 0 saturated heterocycles. The molecule has 0 aliphatic rings. The van der Waals surface area contributed by atoms with E-state index in [0.717, 1.165) is 19.6 Å².